The summed E-state index contributed by atoms with van der Waals surface area (Å²) in [4.78, 5) is 28.0. The lowest BCUT2D eigenvalue weighted by atomic mass is 9.89. The molecular weight excluding hydrogens is 414 g/mol. The number of rotatable bonds is 5. The van der Waals surface area contributed by atoms with Gasteiger partial charge >= 0.3 is 12.2 Å². The zero-order chi connectivity index (χ0) is 22.2. The molecule has 0 radical (unpaired) electrons. The van der Waals surface area contributed by atoms with Crippen LogP contribution in [0.4, 0.5) is 22.4 Å². The number of hydrogen-bond acceptors (Lipinski definition) is 3. The molecule has 2 atom stereocenters. The Labute approximate surface area is 176 Å². The van der Waals surface area contributed by atoms with Gasteiger partial charge in [-0.3, -0.25) is 9.69 Å². The van der Waals surface area contributed by atoms with Crippen molar-refractivity contribution in [1.82, 2.24) is 15.1 Å². The van der Waals surface area contributed by atoms with Gasteiger partial charge in [0.05, 0.1) is 6.67 Å². The molecule has 2 saturated heterocycles. The fourth-order valence-electron chi connectivity index (χ4n) is 4.37. The number of likely N-dealkylation sites (tertiary alicyclic amines) is 1. The molecule has 4 rings (SSSR count). The number of hydrogen-bond donors (Lipinski definition) is 1. The second-order valence-corrected chi connectivity index (χ2v) is 7.86. The maximum Gasteiger partial charge on any atom is 0.425 e. The number of nitrogens with one attached hydrogen (secondary N) is 1. The van der Waals surface area contributed by atoms with Gasteiger partial charge in [0, 0.05) is 12.6 Å². The number of nitrogens with zero attached hydrogens (tertiary/aromatic N) is 2. The van der Waals surface area contributed by atoms with E-state index in [4.69, 9.17) is 0 Å². The van der Waals surface area contributed by atoms with Gasteiger partial charge in [0.15, 0.2) is 0 Å². The van der Waals surface area contributed by atoms with Crippen LogP contribution in [-0.4, -0.2) is 47.2 Å². The summed E-state index contributed by atoms with van der Waals surface area (Å²) >= 11 is 0. The maximum absolute atomic E-state index is 14.1. The lowest BCUT2D eigenvalue weighted by Crippen LogP contribution is -2.56. The van der Waals surface area contributed by atoms with Crippen LogP contribution < -0.4 is 5.32 Å². The van der Waals surface area contributed by atoms with Crippen LogP contribution in [0.1, 0.15) is 24.0 Å². The topological polar surface area (TPSA) is 52.7 Å². The van der Waals surface area contributed by atoms with Crippen LogP contribution in [0.3, 0.4) is 0 Å². The molecule has 9 heteroatoms. The van der Waals surface area contributed by atoms with E-state index >= 15 is 0 Å². The van der Waals surface area contributed by atoms with Gasteiger partial charge in [0.25, 0.3) is 5.91 Å². The first-order valence-corrected chi connectivity index (χ1v) is 9.97. The third-order valence-electron chi connectivity index (χ3n) is 5.92. The molecular formula is C22H21F4N3O2. The van der Waals surface area contributed by atoms with Crippen molar-refractivity contribution >= 4 is 11.9 Å². The largest absolute Gasteiger partial charge is 0.425 e. The number of benzene rings is 2. The first-order valence-electron chi connectivity index (χ1n) is 9.97. The molecule has 164 valence electrons. The van der Waals surface area contributed by atoms with Crippen molar-refractivity contribution in [3.63, 3.8) is 0 Å². The molecule has 2 unspecified atom stereocenters. The van der Waals surface area contributed by atoms with Gasteiger partial charge < -0.3 is 5.32 Å². The molecule has 1 N–H and O–H groups in total. The van der Waals surface area contributed by atoms with E-state index in [0.29, 0.717) is 17.9 Å². The van der Waals surface area contributed by atoms with Crippen molar-refractivity contribution in [3.8, 4) is 0 Å². The van der Waals surface area contributed by atoms with E-state index in [0.717, 1.165) is 18.4 Å². The Balaban J connectivity index is 1.57. The van der Waals surface area contributed by atoms with Crippen LogP contribution in [0, 0.1) is 5.82 Å². The molecule has 3 amide bonds. The normalized spacial score (nSPS) is 24.6. The summed E-state index contributed by atoms with van der Waals surface area (Å²) in [6.07, 6.45) is -3.03. The third-order valence-corrected chi connectivity index (χ3v) is 5.92. The molecule has 2 aromatic carbocycles. The van der Waals surface area contributed by atoms with Crippen LogP contribution in [-0.2, 0) is 16.8 Å². The van der Waals surface area contributed by atoms with Gasteiger partial charge in [-0.15, -0.1) is 0 Å². The van der Waals surface area contributed by atoms with Gasteiger partial charge in [0.2, 0.25) is 5.54 Å². The summed E-state index contributed by atoms with van der Waals surface area (Å²) < 4.78 is 55.8. The first-order chi connectivity index (χ1) is 14.7. The number of halogens is 4. The van der Waals surface area contributed by atoms with Crippen LogP contribution in [0.15, 0.2) is 54.6 Å². The van der Waals surface area contributed by atoms with Crippen molar-refractivity contribution in [2.75, 3.05) is 13.2 Å². The molecule has 2 aliphatic rings. The maximum atomic E-state index is 14.1. The van der Waals surface area contributed by atoms with E-state index in [1.54, 1.807) is 17.0 Å². The summed E-state index contributed by atoms with van der Waals surface area (Å²) in [6.45, 7) is 0.275. The van der Waals surface area contributed by atoms with Crippen molar-refractivity contribution < 1.29 is 27.2 Å². The smallest absolute Gasteiger partial charge is 0.312 e. The average molecular weight is 435 g/mol. The van der Waals surface area contributed by atoms with Gasteiger partial charge in [-0.05, 0) is 42.5 Å². The van der Waals surface area contributed by atoms with Crippen molar-refractivity contribution in [3.05, 3.63) is 71.5 Å². The third kappa shape index (κ3) is 3.78. The molecule has 0 bridgehead atoms. The molecule has 0 aliphatic carbocycles. The number of imide groups is 1. The van der Waals surface area contributed by atoms with Crippen LogP contribution in [0.5, 0.6) is 0 Å². The first kappa shape index (κ1) is 21.3. The standard InChI is InChI=1S/C22H21F4N3O2/c23-17-9-4-6-15(12-17)13-18-10-5-11-28(18)14-29-19(30)21(22(24,25)26,27-20(29)31)16-7-2-1-3-8-16/h1-4,6-9,12,18H,5,10-11,13-14H2,(H,27,31). The second kappa shape index (κ2) is 7.96. The second-order valence-electron chi connectivity index (χ2n) is 7.86. The molecule has 5 nitrogen and oxygen atoms in total. The van der Waals surface area contributed by atoms with E-state index in [2.05, 4.69) is 0 Å². The highest BCUT2D eigenvalue weighted by molar-refractivity contribution is 6.08. The lowest BCUT2D eigenvalue weighted by molar-refractivity contribution is -0.198. The summed E-state index contributed by atoms with van der Waals surface area (Å²) in [5, 5.41) is 1.91. The van der Waals surface area contributed by atoms with E-state index in [1.165, 1.54) is 42.5 Å². The number of amides is 3. The van der Waals surface area contributed by atoms with Crippen molar-refractivity contribution in [2.24, 2.45) is 0 Å². The highest BCUT2D eigenvalue weighted by Crippen LogP contribution is 2.43. The van der Waals surface area contributed by atoms with Crippen molar-refractivity contribution in [1.29, 1.82) is 0 Å². The highest BCUT2D eigenvalue weighted by Gasteiger charge is 2.68. The molecule has 2 heterocycles. The minimum atomic E-state index is -5.01. The van der Waals surface area contributed by atoms with Crippen LogP contribution in [0.2, 0.25) is 0 Å². The summed E-state index contributed by atoms with van der Waals surface area (Å²) in [7, 11) is 0. The Bertz CT molecular complexity index is 982. The van der Waals surface area contributed by atoms with Gasteiger partial charge in [-0.1, -0.05) is 42.5 Å². The number of carbonyl (C=O) groups is 2. The van der Waals surface area contributed by atoms with Crippen LogP contribution in [0.25, 0.3) is 0 Å². The summed E-state index contributed by atoms with van der Waals surface area (Å²) in [5.41, 5.74) is -2.69. The predicted molar refractivity (Wildman–Crippen MR) is 104 cm³/mol. The van der Waals surface area contributed by atoms with E-state index < -0.39 is 23.7 Å². The molecule has 31 heavy (non-hydrogen) atoms. The molecule has 2 aliphatic heterocycles. The molecule has 0 spiro atoms. The Hall–Kier alpha value is -2.94. The summed E-state index contributed by atoms with van der Waals surface area (Å²) in [5.74, 6) is -1.71. The fourth-order valence-corrected chi connectivity index (χ4v) is 4.37. The van der Waals surface area contributed by atoms with E-state index in [9.17, 15) is 27.2 Å². The molecule has 2 aromatic rings. The number of urea groups is 1. The minimum absolute atomic E-state index is 0.111. The molecule has 0 saturated carbocycles. The zero-order valence-electron chi connectivity index (χ0n) is 16.5. The highest BCUT2D eigenvalue weighted by atomic mass is 19.4. The van der Waals surface area contributed by atoms with Crippen molar-refractivity contribution in [2.45, 2.75) is 37.0 Å². The average Bonchev–Trinajstić information content (AvgIpc) is 3.26. The van der Waals surface area contributed by atoms with Gasteiger partial charge in [-0.2, -0.15) is 13.2 Å². The van der Waals surface area contributed by atoms with E-state index in [-0.39, 0.29) is 24.1 Å². The lowest BCUT2D eigenvalue weighted by Gasteiger charge is -2.31. The Morgan fingerprint density at radius 1 is 1.06 bits per heavy atom. The molecule has 2 fully saturated rings. The monoisotopic (exact) mass is 435 g/mol. The number of alkyl halides is 3. The van der Waals surface area contributed by atoms with Gasteiger partial charge in [-0.25, -0.2) is 14.1 Å². The minimum Gasteiger partial charge on any atom is -0.312 e. The SMILES string of the molecule is O=C1NC(c2ccccc2)(C(F)(F)F)C(=O)N1CN1CCCC1Cc1cccc(F)c1. The quantitative estimate of drug-likeness (QED) is 0.574. The number of carbonyl (C=O) groups excluding carboxylic acids is 2. The Morgan fingerprint density at radius 2 is 1.81 bits per heavy atom. The Kier molecular flexibility index (Phi) is 5.47. The predicted octanol–water partition coefficient (Wildman–Crippen LogP) is 3.80. The van der Waals surface area contributed by atoms with E-state index in [1.807, 2.05) is 5.32 Å². The zero-order valence-corrected chi connectivity index (χ0v) is 16.5. The fraction of sp³-hybridized carbons (Fsp3) is 0.364. The Morgan fingerprint density at radius 3 is 2.48 bits per heavy atom. The van der Waals surface area contributed by atoms with Gasteiger partial charge in [0.1, 0.15) is 5.82 Å². The molecule has 0 aromatic heterocycles. The summed E-state index contributed by atoms with van der Waals surface area (Å²) in [6, 6.07) is 11.6. The van der Waals surface area contributed by atoms with Crippen LogP contribution >= 0.6 is 0 Å².